The van der Waals surface area contributed by atoms with E-state index in [1.54, 1.807) is 25.3 Å². The SMILES string of the molecule is CC(C)[C@H](C#N)NS(=O)(=O)c1cccs1. The van der Waals surface area contributed by atoms with Gasteiger partial charge in [-0.1, -0.05) is 19.9 Å². The van der Waals surface area contributed by atoms with Gasteiger partial charge in [-0.25, -0.2) is 8.42 Å². The predicted molar refractivity (Wildman–Crippen MR) is 58.9 cm³/mol. The molecule has 0 radical (unpaired) electrons. The second kappa shape index (κ2) is 4.75. The first kappa shape index (κ1) is 12.2. The first-order valence-corrected chi connectivity index (χ1v) is 6.79. The summed E-state index contributed by atoms with van der Waals surface area (Å²) in [6.45, 7) is 3.59. The Hall–Kier alpha value is -0.900. The molecule has 6 heteroatoms. The molecule has 0 saturated heterocycles. The summed E-state index contributed by atoms with van der Waals surface area (Å²) in [5.74, 6) is -0.0512. The van der Waals surface area contributed by atoms with Crippen molar-refractivity contribution in [2.45, 2.75) is 24.1 Å². The maximum Gasteiger partial charge on any atom is 0.251 e. The molecule has 0 saturated carbocycles. The monoisotopic (exact) mass is 244 g/mol. The molecule has 0 aliphatic heterocycles. The van der Waals surface area contributed by atoms with Crippen molar-refractivity contribution < 1.29 is 8.42 Å². The van der Waals surface area contributed by atoms with E-state index >= 15 is 0 Å². The van der Waals surface area contributed by atoms with E-state index in [0.29, 0.717) is 0 Å². The lowest BCUT2D eigenvalue weighted by Crippen LogP contribution is -2.36. The highest BCUT2D eigenvalue weighted by Gasteiger charge is 2.22. The average Bonchev–Trinajstić information content (AvgIpc) is 2.67. The third kappa shape index (κ3) is 3.02. The molecule has 1 N–H and O–H groups in total. The first-order valence-electron chi connectivity index (χ1n) is 4.43. The molecule has 0 amide bonds. The molecular weight excluding hydrogens is 232 g/mol. The number of nitrogens with one attached hydrogen (secondary N) is 1. The van der Waals surface area contributed by atoms with Crippen LogP contribution in [0.2, 0.25) is 0 Å². The van der Waals surface area contributed by atoms with Crippen LogP contribution in [0.15, 0.2) is 21.7 Å². The zero-order valence-electron chi connectivity index (χ0n) is 8.47. The summed E-state index contributed by atoms with van der Waals surface area (Å²) in [4.78, 5) is 0. The van der Waals surface area contributed by atoms with Crippen LogP contribution in [0.4, 0.5) is 0 Å². The average molecular weight is 244 g/mol. The fraction of sp³-hybridized carbons (Fsp3) is 0.444. The van der Waals surface area contributed by atoms with E-state index in [1.165, 1.54) is 6.07 Å². The van der Waals surface area contributed by atoms with Gasteiger partial charge in [0.2, 0.25) is 0 Å². The van der Waals surface area contributed by atoms with Crippen molar-refractivity contribution in [2.75, 3.05) is 0 Å². The van der Waals surface area contributed by atoms with Crippen molar-refractivity contribution in [1.29, 1.82) is 5.26 Å². The van der Waals surface area contributed by atoms with Gasteiger partial charge >= 0.3 is 0 Å². The van der Waals surface area contributed by atoms with Crippen LogP contribution in [0, 0.1) is 17.2 Å². The van der Waals surface area contributed by atoms with Crippen LogP contribution in [0.5, 0.6) is 0 Å². The fourth-order valence-electron chi connectivity index (χ4n) is 0.953. The molecule has 0 unspecified atom stereocenters. The number of thiophene rings is 1. The number of hydrogen-bond donors (Lipinski definition) is 1. The maximum absolute atomic E-state index is 11.7. The van der Waals surface area contributed by atoms with Crippen LogP contribution in [0.25, 0.3) is 0 Å². The van der Waals surface area contributed by atoms with Crippen LogP contribution in [-0.2, 0) is 10.0 Å². The molecule has 0 spiro atoms. The largest absolute Gasteiger partial charge is 0.251 e. The maximum atomic E-state index is 11.7. The minimum absolute atomic E-state index is 0.0512. The second-order valence-corrected chi connectivity index (χ2v) is 6.29. The quantitative estimate of drug-likeness (QED) is 0.874. The Morgan fingerprint density at radius 3 is 2.60 bits per heavy atom. The summed E-state index contributed by atoms with van der Waals surface area (Å²) in [6.07, 6.45) is 0. The van der Waals surface area contributed by atoms with E-state index in [9.17, 15) is 8.42 Å². The Balaban J connectivity index is 2.87. The van der Waals surface area contributed by atoms with Gasteiger partial charge in [0.1, 0.15) is 10.3 Å². The van der Waals surface area contributed by atoms with Crippen molar-refractivity contribution >= 4 is 21.4 Å². The van der Waals surface area contributed by atoms with Crippen LogP contribution >= 0.6 is 11.3 Å². The molecule has 15 heavy (non-hydrogen) atoms. The standard InChI is InChI=1S/C9H12N2O2S2/c1-7(2)8(6-10)11-15(12,13)9-4-3-5-14-9/h3-5,7-8,11H,1-2H3/t8-/m0/s1. The lowest BCUT2D eigenvalue weighted by atomic mass is 10.1. The van der Waals surface area contributed by atoms with Crippen molar-refractivity contribution in [1.82, 2.24) is 4.72 Å². The molecule has 0 fully saturated rings. The normalized spacial score (nSPS) is 13.7. The molecule has 0 bridgehead atoms. The first-order chi connectivity index (χ1) is 6.97. The van der Waals surface area contributed by atoms with Crippen molar-refractivity contribution in [3.8, 4) is 6.07 Å². The van der Waals surface area contributed by atoms with Gasteiger partial charge in [0.15, 0.2) is 0 Å². The molecule has 1 rings (SSSR count). The van der Waals surface area contributed by atoms with Crippen LogP contribution in [-0.4, -0.2) is 14.5 Å². The highest BCUT2D eigenvalue weighted by atomic mass is 32.2. The van der Waals surface area contributed by atoms with Gasteiger partial charge in [0.25, 0.3) is 10.0 Å². The zero-order valence-corrected chi connectivity index (χ0v) is 10.1. The molecule has 4 nitrogen and oxygen atoms in total. The number of hydrogen-bond acceptors (Lipinski definition) is 4. The van der Waals surface area contributed by atoms with E-state index in [0.717, 1.165) is 11.3 Å². The summed E-state index contributed by atoms with van der Waals surface area (Å²) in [6, 6.07) is 4.43. The van der Waals surface area contributed by atoms with E-state index in [4.69, 9.17) is 5.26 Å². The predicted octanol–water partition coefficient (Wildman–Crippen LogP) is 1.57. The summed E-state index contributed by atoms with van der Waals surface area (Å²) in [5.41, 5.74) is 0. The van der Waals surface area contributed by atoms with Gasteiger partial charge in [-0.05, 0) is 17.4 Å². The highest BCUT2D eigenvalue weighted by molar-refractivity contribution is 7.91. The number of nitrogens with zero attached hydrogens (tertiary/aromatic N) is 1. The van der Waals surface area contributed by atoms with E-state index in [2.05, 4.69) is 4.72 Å². The van der Waals surface area contributed by atoms with E-state index in [-0.39, 0.29) is 10.1 Å². The third-order valence-corrected chi connectivity index (χ3v) is 4.69. The van der Waals surface area contributed by atoms with E-state index < -0.39 is 16.1 Å². The summed E-state index contributed by atoms with van der Waals surface area (Å²) in [5, 5.41) is 10.5. The third-order valence-electron chi connectivity index (χ3n) is 1.85. The Kier molecular flexibility index (Phi) is 3.85. The second-order valence-electron chi connectivity index (χ2n) is 3.40. The van der Waals surface area contributed by atoms with Gasteiger partial charge in [-0.15, -0.1) is 11.3 Å². The molecule has 1 heterocycles. The zero-order chi connectivity index (χ0) is 11.5. The minimum atomic E-state index is -3.53. The summed E-state index contributed by atoms with van der Waals surface area (Å²) < 4.78 is 26.0. The molecule has 1 aromatic heterocycles. The Morgan fingerprint density at radius 1 is 1.53 bits per heavy atom. The topological polar surface area (TPSA) is 70.0 Å². The lowest BCUT2D eigenvalue weighted by Gasteiger charge is -2.13. The van der Waals surface area contributed by atoms with Crippen molar-refractivity contribution in [3.05, 3.63) is 17.5 Å². The molecule has 1 aromatic rings. The molecular formula is C9H12N2O2S2. The molecule has 82 valence electrons. The fourth-order valence-corrected chi connectivity index (χ4v) is 3.25. The molecule has 0 aromatic carbocycles. The van der Waals surface area contributed by atoms with Crippen LogP contribution in [0.1, 0.15) is 13.8 Å². The van der Waals surface area contributed by atoms with Crippen molar-refractivity contribution in [3.63, 3.8) is 0 Å². The molecule has 1 atom stereocenters. The number of rotatable bonds is 4. The van der Waals surface area contributed by atoms with E-state index in [1.807, 2.05) is 6.07 Å². The van der Waals surface area contributed by atoms with Crippen LogP contribution < -0.4 is 4.72 Å². The number of nitriles is 1. The van der Waals surface area contributed by atoms with Gasteiger partial charge in [-0.2, -0.15) is 9.98 Å². The highest BCUT2D eigenvalue weighted by Crippen LogP contribution is 2.16. The van der Waals surface area contributed by atoms with Gasteiger partial charge in [-0.3, -0.25) is 0 Å². The summed E-state index contributed by atoms with van der Waals surface area (Å²) >= 11 is 1.13. The van der Waals surface area contributed by atoms with Crippen molar-refractivity contribution in [2.24, 2.45) is 5.92 Å². The molecule has 0 aliphatic carbocycles. The Morgan fingerprint density at radius 2 is 2.20 bits per heavy atom. The smallest absolute Gasteiger partial charge is 0.206 e. The number of sulfonamides is 1. The van der Waals surface area contributed by atoms with Gasteiger partial charge in [0, 0.05) is 0 Å². The minimum Gasteiger partial charge on any atom is -0.206 e. The Bertz CT molecular complexity index is 443. The van der Waals surface area contributed by atoms with Crippen LogP contribution in [0.3, 0.4) is 0 Å². The molecule has 0 aliphatic rings. The summed E-state index contributed by atoms with van der Waals surface area (Å²) in [7, 11) is -3.53. The van der Waals surface area contributed by atoms with Gasteiger partial charge < -0.3 is 0 Å². The Labute approximate surface area is 93.6 Å². The lowest BCUT2D eigenvalue weighted by molar-refractivity contribution is 0.516. The van der Waals surface area contributed by atoms with Gasteiger partial charge in [0.05, 0.1) is 6.07 Å².